The standard InChI is InChI=1S/C22H21N3OS3/c1-13-4-6-15(3)16(8-13)11-27-22-23-17(12-28-22)10-20(26)25-21-24-18-7-5-14(2)9-19(18)29-21/h4-9,12H,10-11H2,1-3H3,(H,24,25,26). The van der Waals surface area contributed by atoms with E-state index in [0.717, 1.165) is 26.0 Å². The Morgan fingerprint density at radius 1 is 1.07 bits per heavy atom. The Morgan fingerprint density at radius 3 is 2.72 bits per heavy atom. The van der Waals surface area contributed by atoms with Crippen molar-refractivity contribution in [2.75, 3.05) is 5.32 Å². The molecular formula is C22H21N3OS3. The number of nitrogens with zero attached hydrogens (tertiary/aromatic N) is 2. The van der Waals surface area contributed by atoms with E-state index in [4.69, 9.17) is 0 Å². The number of thioether (sulfide) groups is 1. The first kappa shape index (κ1) is 20.1. The summed E-state index contributed by atoms with van der Waals surface area (Å²) in [5, 5.41) is 5.51. The van der Waals surface area contributed by atoms with Crippen molar-refractivity contribution in [1.29, 1.82) is 0 Å². The van der Waals surface area contributed by atoms with Crippen molar-refractivity contribution in [2.45, 2.75) is 37.3 Å². The summed E-state index contributed by atoms with van der Waals surface area (Å²) in [4.78, 5) is 21.5. The average Bonchev–Trinajstić information content (AvgIpc) is 3.28. The summed E-state index contributed by atoms with van der Waals surface area (Å²) in [6, 6.07) is 12.6. The number of hydrogen-bond acceptors (Lipinski definition) is 6. The van der Waals surface area contributed by atoms with Gasteiger partial charge in [-0.3, -0.25) is 4.79 Å². The molecule has 148 valence electrons. The Hall–Kier alpha value is -2.22. The minimum atomic E-state index is -0.0860. The van der Waals surface area contributed by atoms with Gasteiger partial charge in [0, 0.05) is 11.1 Å². The zero-order valence-electron chi connectivity index (χ0n) is 16.5. The molecule has 0 aliphatic rings. The number of carbonyl (C=O) groups excluding carboxylic acids is 1. The van der Waals surface area contributed by atoms with Crippen LogP contribution in [0.4, 0.5) is 5.13 Å². The third-order valence-corrected chi connectivity index (χ3v) is 7.57. The summed E-state index contributed by atoms with van der Waals surface area (Å²) in [5.41, 5.74) is 6.79. The third-order valence-electron chi connectivity index (χ3n) is 4.52. The SMILES string of the molecule is Cc1ccc(C)c(CSc2nc(CC(=O)Nc3nc4ccc(C)cc4s3)cs2)c1. The molecule has 0 radical (unpaired) electrons. The normalized spacial score (nSPS) is 11.1. The minimum absolute atomic E-state index is 0.0860. The molecule has 0 saturated heterocycles. The van der Waals surface area contributed by atoms with Gasteiger partial charge in [0.1, 0.15) is 4.34 Å². The molecule has 29 heavy (non-hydrogen) atoms. The number of carbonyl (C=O) groups is 1. The quantitative estimate of drug-likeness (QED) is 0.366. The van der Waals surface area contributed by atoms with Gasteiger partial charge < -0.3 is 5.32 Å². The molecule has 4 nitrogen and oxygen atoms in total. The number of nitrogens with one attached hydrogen (secondary N) is 1. The van der Waals surface area contributed by atoms with Crippen LogP contribution < -0.4 is 5.32 Å². The molecule has 0 aliphatic heterocycles. The van der Waals surface area contributed by atoms with Crippen LogP contribution in [0.2, 0.25) is 0 Å². The van der Waals surface area contributed by atoms with Crippen molar-refractivity contribution >= 4 is 55.7 Å². The number of fused-ring (bicyclic) bond motifs is 1. The van der Waals surface area contributed by atoms with Gasteiger partial charge in [-0.25, -0.2) is 9.97 Å². The van der Waals surface area contributed by atoms with E-state index in [0.29, 0.717) is 5.13 Å². The van der Waals surface area contributed by atoms with Crippen LogP contribution >= 0.6 is 34.4 Å². The first-order valence-electron chi connectivity index (χ1n) is 9.26. The fourth-order valence-electron chi connectivity index (χ4n) is 2.94. The highest BCUT2D eigenvalue weighted by atomic mass is 32.2. The predicted molar refractivity (Wildman–Crippen MR) is 124 cm³/mol. The van der Waals surface area contributed by atoms with E-state index in [-0.39, 0.29) is 12.3 Å². The number of aryl methyl sites for hydroxylation is 3. The molecule has 1 N–H and O–H groups in total. The number of anilines is 1. The lowest BCUT2D eigenvalue weighted by Gasteiger charge is -2.05. The van der Waals surface area contributed by atoms with Crippen LogP contribution in [-0.2, 0) is 17.0 Å². The number of hydrogen-bond donors (Lipinski definition) is 1. The third kappa shape index (κ3) is 5.04. The Kier molecular flexibility index (Phi) is 5.99. The summed E-state index contributed by atoms with van der Waals surface area (Å²) in [5.74, 6) is 0.801. The molecule has 0 spiro atoms. The fourth-order valence-corrected chi connectivity index (χ4v) is 5.83. The fraction of sp³-hybridized carbons (Fsp3) is 0.227. The van der Waals surface area contributed by atoms with E-state index in [2.05, 4.69) is 60.3 Å². The number of benzene rings is 2. The average molecular weight is 440 g/mol. The molecule has 0 aliphatic carbocycles. The van der Waals surface area contributed by atoms with Crippen molar-refractivity contribution in [3.63, 3.8) is 0 Å². The van der Waals surface area contributed by atoms with Crippen LogP contribution in [0.25, 0.3) is 10.2 Å². The maximum absolute atomic E-state index is 12.4. The highest BCUT2D eigenvalue weighted by Crippen LogP contribution is 2.29. The van der Waals surface area contributed by atoms with E-state index in [1.54, 1.807) is 23.1 Å². The van der Waals surface area contributed by atoms with Crippen molar-refractivity contribution in [1.82, 2.24) is 9.97 Å². The zero-order chi connectivity index (χ0) is 20.4. The maximum Gasteiger partial charge on any atom is 0.232 e. The molecule has 7 heteroatoms. The second-order valence-electron chi connectivity index (χ2n) is 7.04. The summed E-state index contributed by atoms with van der Waals surface area (Å²) in [7, 11) is 0. The second-order valence-corrected chi connectivity index (χ2v) is 10.1. The largest absolute Gasteiger partial charge is 0.302 e. The summed E-state index contributed by atoms with van der Waals surface area (Å²) in [6.45, 7) is 6.30. The van der Waals surface area contributed by atoms with E-state index in [1.807, 2.05) is 17.5 Å². The van der Waals surface area contributed by atoms with Gasteiger partial charge in [-0.05, 0) is 49.6 Å². The van der Waals surface area contributed by atoms with E-state index in [9.17, 15) is 4.79 Å². The van der Waals surface area contributed by atoms with Gasteiger partial charge in [0.15, 0.2) is 5.13 Å². The smallest absolute Gasteiger partial charge is 0.232 e. The molecule has 0 unspecified atom stereocenters. The lowest BCUT2D eigenvalue weighted by molar-refractivity contribution is -0.115. The van der Waals surface area contributed by atoms with Gasteiger partial charge in [-0.2, -0.15) is 0 Å². The molecule has 2 heterocycles. The van der Waals surface area contributed by atoms with Gasteiger partial charge in [-0.1, -0.05) is 52.9 Å². The highest BCUT2D eigenvalue weighted by molar-refractivity contribution is 8.00. The molecule has 2 aromatic carbocycles. The van der Waals surface area contributed by atoms with Crippen LogP contribution in [0.5, 0.6) is 0 Å². The molecule has 4 rings (SSSR count). The molecule has 2 aromatic heterocycles. The molecule has 0 bridgehead atoms. The summed E-state index contributed by atoms with van der Waals surface area (Å²) < 4.78 is 2.07. The van der Waals surface area contributed by atoms with Gasteiger partial charge in [0.2, 0.25) is 5.91 Å². The van der Waals surface area contributed by atoms with Gasteiger partial charge in [0.05, 0.1) is 22.3 Å². The molecule has 1 amide bonds. The van der Waals surface area contributed by atoms with Gasteiger partial charge in [-0.15, -0.1) is 11.3 Å². The van der Waals surface area contributed by atoms with Gasteiger partial charge >= 0.3 is 0 Å². The number of thiazole rings is 2. The molecule has 0 saturated carbocycles. The zero-order valence-corrected chi connectivity index (χ0v) is 18.9. The lowest BCUT2D eigenvalue weighted by atomic mass is 10.1. The second kappa shape index (κ2) is 8.65. The minimum Gasteiger partial charge on any atom is -0.302 e. The molecular weight excluding hydrogens is 418 g/mol. The number of rotatable bonds is 6. The Balaban J connectivity index is 1.35. The van der Waals surface area contributed by atoms with E-state index >= 15 is 0 Å². The van der Waals surface area contributed by atoms with Crippen LogP contribution in [0, 0.1) is 20.8 Å². The van der Waals surface area contributed by atoms with Crippen LogP contribution in [-0.4, -0.2) is 15.9 Å². The monoisotopic (exact) mass is 439 g/mol. The molecule has 0 atom stereocenters. The molecule has 0 fully saturated rings. The Labute approximate surface area is 182 Å². The van der Waals surface area contributed by atoms with E-state index in [1.165, 1.54) is 33.6 Å². The van der Waals surface area contributed by atoms with Crippen molar-refractivity contribution in [2.24, 2.45) is 0 Å². The van der Waals surface area contributed by atoms with Gasteiger partial charge in [0.25, 0.3) is 0 Å². The van der Waals surface area contributed by atoms with Crippen LogP contribution in [0.15, 0.2) is 46.1 Å². The summed E-state index contributed by atoms with van der Waals surface area (Å²) >= 11 is 4.81. The van der Waals surface area contributed by atoms with Crippen molar-refractivity contribution < 1.29 is 4.79 Å². The Bertz CT molecular complexity index is 1180. The first-order chi connectivity index (χ1) is 14.0. The first-order valence-corrected chi connectivity index (χ1v) is 11.9. The van der Waals surface area contributed by atoms with Crippen molar-refractivity contribution in [3.05, 3.63) is 69.7 Å². The van der Waals surface area contributed by atoms with Crippen molar-refractivity contribution in [3.8, 4) is 0 Å². The molecule has 4 aromatic rings. The Morgan fingerprint density at radius 2 is 1.86 bits per heavy atom. The lowest BCUT2D eigenvalue weighted by Crippen LogP contribution is -2.14. The number of aromatic nitrogens is 2. The van der Waals surface area contributed by atoms with Crippen LogP contribution in [0.3, 0.4) is 0 Å². The van der Waals surface area contributed by atoms with Crippen LogP contribution in [0.1, 0.15) is 27.9 Å². The maximum atomic E-state index is 12.4. The number of amides is 1. The summed E-state index contributed by atoms with van der Waals surface area (Å²) in [6.07, 6.45) is 0.259. The predicted octanol–water partition coefficient (Wildman–Crippen LogP) is 6.15. The highest BCUT2D eigenvalue weighted by Gasteiger charge is 2.12. The topological polar surface area (TPSA) is 54.9 Å². The van der Waals surface area contributed by atoms with E-state index < -0.39 is 0 Å².